The van der Waals surface area contributed by atoms with E-state index in [1.807, 2.05) is 43.5 Å². The maximum absolute atomic E-state index is 12.2. The van der Waals surface area contributed by atoms with E-state index < -0.39 is 0 Å². The zero-order valence-corrected chi connectivity index (χ0v) is 13.5. The number of amides is 1. The van der Waals surface area contributed by atoms with E-state index >= 15 is 0 Å². The summed E-state index contributed by atoms with van der Waals surface area (Å²) >= 11 is 0. The molecule has 5 nitrogen and oxygen atoms in total. The predicted octanol–water partition coefficient (Wildman–Crippen LogP) is 3.20. The van der Waals surface area contributed by atoms with Crippen LogP contribution in [0.1, 0.15) is 22.8 Å². The molecule has 3 aromatic rings. The third-order valence-electron chi connectivity index (χ3n) is 3.54. The Balaban J connectivity index is 1.59. The lowest BCUT2D eigenvalue weighted by Gasteiger charge is -2.06. The summed E-state index contributed by atoms with van der Waals surface area (Å²) in [6, 6.07) is 17.0. The van der Waals surface area contributed by atoms with Crippen LogP contribution in [0, 0.1) is 0 Å². The van der Waals surface area contributed by atoms with Crippen molar-refractivity contribution in [2.75, 3.05) is 6.61 Å². The molecule has 0 aliphatic rings. The molecule has 3 rings (SSSR count). The van der Waals surface area contributed by atoms with E-state index in [9.17, 15) is 4.79 Å². The lowest BCUT2D eigenvalue weighted by atomic mass is 10.2. The minimum Gasteiger partial charge on any atom is -0.494 e. The van der Waals surface area contributed by atoms with Gasteiger partial charge in [0.25, 0.3) is 5.91 Å². The molecule has 1 N–H and O–H groups in total. The van der Waals surface area contributed by atoms with Crippen molar-refractivity contribution in [2.45, 2.75) is 13.5 Å². The fourth-order valence-electron chi connectivity index (χ4n) is 2.33. The number of rotatable bonds is 6. The SMILES string of the molecule is CCOc1ccc(C(=O)NCc2cnn(-c3ccccc3)c2)cc1. The molecule has 0 atom stereocenters. The lowest BCUT2D eigenvalue weighted by molar-refractivity contribution is 0.0951. The van der Waals surface area contributed by atoms with Gasteiger partial charge in [0, 0.05) is 23.9 Å². The summed E-state index contributed by atoms with van der Waals surface area (Å²) in [5, 5.41) is 7.22. The number of carbonyl (C=O) groups excluding carboxylic acids is 1. The van der Waals surface area contributed by atoms with Crippen LogP contribution < -0.4 is 10.1 Å². The van der Waals surface area contributed by atoms with Gasteiger partial charge in [0.1, 0.15) is 5.75 Å². The molecule has 1 amide bonds. The van der Waals surface area contributed by atoms with Crippen molar-refractivity contribution in [1.82, 2.24) is 15.1 Å². The van der Waals surface area contributed by atoms with E-state index in [2.05, 4.69) is 10.4 Å². The van der Waals surface area contributed by atoms with E-state index in [-0.39, 0.29) is 5.91 Å². The number of benzene rings is 2. The highest BCUT2D eigenvalue weighted by molar-refractivity contribution is 5.94. The topological polar surface area (TPSA) is 56.1 Å². The highest BCUT2D eigenvalue weighted by Crippen LogP contribution is 2.12. The van der Waals surface area contributed by atoms with Gasteiger partial charge in [-0.2, -0.15) is 5.10 Å². The first-order valence-corrected chi connectivity index (χ1v) is 7.86. The van der Waals surface area contributed by atoms with Crippen LogP contribution in [0.3, 0.4) is 0 Å². The highest BCUT2D eigenvalue weighted by atomic mass is 16.5. The van der Waals surface area contributed by atoms with Crippen LogP contribution in [0.4, 0.5) is 0 Å². The number of carbonyl (C=O) groups is 1. The Hall–Kier alpha value is -3.08. The molecule has 1 aromatic heterocycles. The molecule has 0 radical (unpaired) electrons. The average Bonchev–Trinajstić information content (AvgIpc) is 3.10. The Morgan fingerprint density at radius 1 is 1.12 bits per heavy atom. The fourth-order valence-corrected chi connectivity index (χ4v) is 2.33. The standard InChI is InChI=1S/C19H19N3O2/c1-2-24-18-10-8-16(9-11-18)19(23)20-12-15-13-21-22(14-15)17-6-4-3-5-7-17/h3-11,13-14H,2,12H2,1H3,(H,20,23). The summed E-state index contributed by atoms with van der Waals surface area (Å²) in [5.74, 6) is 0.642. The summed E-state index contributed by atoms with van der Waals surface area (Å²) in [5.41, 5.74) is 2.54. The molecular formula is C19H19N3O2. The van der Waals surface area contributed by atoms with Crippen LogP contribution in [0.15, 0.2) is 67.0 Å². The molecule has 24 heavy (non-hydrogen) atoms. The molecule has 5 heteroatoms. The summed E-state index contributed by atoms with van der Waals surface area (Å²) in [4.78, 5) is 12.2. The molecule has 0 unspecified atom stereocenters. The Kier molecular flexibility index (Phi) is 4.91. The third-order valence-corrected chi connectivity index (χ3v) is 3.54. The van der Waals surface area contributed by atoms with Gasteiger partial charge in [-0.3, -0.25) is 4.79 Å². The largest absolute Gasteiger partial charge is 0.494 e. The quantitative estimate of drug-likeness (QED) is 0.758. The van der Waals surface area contributed by atoms with Gasteiger partial charge in [-0.15, -0.1) is 0 Å². The Labute approximate surface area is 140 Å². The van der Waals surface area contributed by atoms with E-state index in [0.717, 1.165) is 17.0 Å². The highest BCUT2D eigenvalue weighted by Gasteiger charge is 2.07. The van der Waals surface area contributed by atoms with Gasteiger partial charge in [0.2, 0.25) is 0 Å². The first kappa shape index (κ1) is 15.8. The van der Waals surface area contributed by atoms with Crippen LogP contribution in [0.25, 0.3) is 5.69 Å². The van der Waals surface area contributed by atoms with Crippen LogP contribution in [0.5, 0.6) is 5.75 Å². The van der Waals surface area contributed by atoms with E-state index in [1.54, 1.807) is 35.1 Å². The van der Waals surface area contributed by atoms with E-state index in [4.69, 9.17) is 4.74 Å². The molecule has 0 fully saturated rings. The lowest BCUT2D eigenvalue weighted by Crippen LogP contribution is -2.22. The number of nitrogens with zero attached hydrogens (tertiary/aromatic N) is 2. The summed E-state index contributed by atoms with van der Waals surface area (Å²) in [7, 11) is 0. The molecule has 0 spiro atoms. The Bertz CT molecular complexity index is 795. The van der Waals surface area contributed by atoms with Crippen LogP contribution in [-0.2, 0) is 6.54 Å². The van der Waals surface area contributed by atoms with Crippen LogP contribution in [0.2, 0.25) is 0 Å². The van der Waals surface area contributed by atoms with Crippen molar-refractivity contribution in [3.05, 3.63) is 78.1 Å². The summed E-state index contributed by atoms with van der Waals surface area (Å²) in [6.45, 7) is 2.96. The number of nitrogens with one attached hydrogen (secondary N) is 1. The van der Waals surface area contributed by atoms with Gasteiger partial charge in [-0.05, 0) is 43.3 Å². The van der Waals surface area contributed by atoms with Crippen molar-refractivity contribution in [2.24, 2.45) is 0 Å². The molecule has 0 aliphatic carbocycles. The van der Waals surface area contributed by atoms with Gasteiger partial charge < -0.3 is 10.1 Å². The number of para-hydroxylation sites is 1. The molecule has 2 aromatic carbocycles. The molecule has 0 bridgehead atoms. The molecule has 0 saturated carbocycles. The number of ether oxygens (including phenoxy) is 1. The van der Waals surface area contributed by atoms with Gasteiger partial charge >= 0.3 is 0 Å². The van der Waals surface area contributed by atoms with Gasteiger partial charge in [-0.25, -0.2) is 4.68 Å². The minimum absolute atomic E-state index is 0.120. The van der Waals surface area contributed by atoms with Gasteiger partial charge in [0.05, 0.1) is 18.5 Å². The van der Waals surface area contributed by atoms with Gasteiger partial charge in [-0.1, -0.05) is 18.2 Å². The summed E-state index contributed by atoms with van der Waals surface area (Å²) < 4.78 is 7.16. The molecule has 0 saturated heterocycles. The molecule has 0 aliphatic heterocycles. The maximum atomic E-state index is 12.2. The van der Waals surface area contributed by atoms with E-state index in [0.29, 0.717) is 18.7 Å². The number of hydrogen-bond acceptors (Lipinski definition) is 3. The van der Waals surface area contributed by atoms with Crippen molar-refractivity contribution < 1.29 is 9.53 Å². The second-order valence-electron chi connectivity index (χ2n) is 5.27. The first-order chi connectivity index (χ1) is 11.8. The van der Waals surface area contributed by atoms with Crippen molar-refractivity contribution >= 4 is 5.91 Å². The van der Waals surface area contributed by atoms with Crippen LogP contribution >= 0.6 is 0 Å². The Morgan fingerprint density at radius 3 is 2.58 bits per heavy atom. The third kappa shape index (κ3) is 3.81. The number of hydrogen-bond donors (Lipinski definition) is 1. The van der Waals surface area contributed by atoms with Crippen molar-refractivity contribution in [1.29, 1.82) is 0 Å². The maximum Gasteiger partial charge on any atom is 0.251 e. The Morgan fingerprint density at radius 2 is 1.88 bits per heavy atom. The first-order valence-electron chi connectivity index (χ1n) is 7.86. The van der Waals surface area contributed by atoms with Gasteiger partial charge in [0.15, 0.2) is 0 Å². The molecular weight excluding hydrogens is 302 g/mol. The monoisotopic (exact) mass is 321 g/mol. The average molecular weight is 321 g/mol. The van der Waals surface area contributed by atoms with E-state index in [1.165, 1.54) is 0 Å². The summed E-state index contributed by atoms with van der Waals surface area (Å²) in [6.07, 6.45) is 3.67. The molecule has 122 valence electrons. The van der Waals surface area contributed by atoms with Crippen molar-refractivity contribution in [3.63, 3.8) is 0 Å². The second kappa shape index (κ2) is 7.46. The van der Waals surface area contributed by atoms with Crippen LogP contribution in [-0.4, -0.2) is 22.3 Å². The number of aromatic nitrogens is 2. The zero-order valence-electron chi connectivity index (χ0n) is 13.5. The molecule has 1 heterocycles. The predicted molar refractivity (Wildman–Crippen MR) is 92.3 cm³/mol. The second-order valence-corrected chi connectivity index (χ2v) is 5.27. The zero-order chi connectivity index (χ0) is 16.8. The minimum atomic E-state index is -0.120. The fraction of sp³-hybridized carbons (Fsp3) is 0.158. The van der Waals surface area contributed by atoms with Crippen molar-refractivity contribution in [3.8, 4) is 11.4 Å². The normalized spacial score (nSPS) is 10.4. The smallest absolute Gasteiger partial charge is 0.251 e.